The third kappa shape index (κ3) is 5.34. The van der Waals surface area contributed by atoms with Crippen molar-refractivity contribution in [3.05, 3.63) is 54.6 Å². The van der Waals surface area contributed by atoms with Crippen LogP contribution in [-0.2, 0) is 9.59 Å². The average Bonchev–Trinajstić information content (AvgIpc) is 2.93. The lowest BCUT2D eigenvalue weighted by Gasteiger charge is -2.15. The van der Waals surface area contributed by atoms with Crippen molar-refractivity contribution in [2.75, 3.05) is 5.32 Å². The molecule has 5 heteroatoms. The number of para-hydroxylation sites is 1. The Hall–Kier alpha value is -2.82. The summed E-state index contributed by atoms with van der Waals surface area (Å²) < 4.78 is 5.71. The van der Waals surface area contributed by atoms with E-state index in [1.807, 2.05) is 30.3 Å². The summed E-state index contributed by atoms with van der Waals surface area (Å²) in [5.74, 6) is 0.205. The summed E-state index contributed by atoms with van der Waals surface area (Å²) in [4.78, 5) is 24.2. The lowest BCUT2D eigenvalue weighted by molar-refractivity contribution is -0.136. The van der Waals surface area contributed by atoms with Crippen molar-refractivity contribution < 1.29 is 14.3 Å². The molecule has 1 aliphatic rings. The number of amides is 2. The first kappa shape index (κ1) is 18.0. The molecule has 0 heterocycles. The minimum absolute atomic E-state index is 0.109. The maximum atomic E-state index is 12.1. The molecule has 136 valence electrons. The highest BCUT2D eigenvalue weighted by atomic mass is 16.5. The van der Waals surface area contributed by atoms with E-state index < -0.39 is 11.8 Å². The van der Waals surface area contributed by atoms with Crippen molar-refractivity contribution in [1.82, 2.24) is 5.32 Å². The standard InChI is InChI=1S/C21H24N2O3/c24-20(22-16-8-4-1-2-5-9-16)21(25)23-17-12-14-19(15-13-17)26-18-10-6-3-7-11-18/h3,6-7,10-16H,1-2,4-5,8-9H2,(H,22,24)(H,23,25). The second kappa shape index (κ2) is 9.04. The lowest BCUT2D eigenvalue weighted by atomic mass is 10.1. The number of ether oxygens (including phenoxy) is 1. The van der Waals surface area contributed by atoms with Gasteiger partial charge in [-0.3, -0.25) is 9.59 Å². The van der Waals surface area contributed by atoms with E-state index in [1.165, 1.54) is 12.8 Å². The van der Waals surface area contributed by atoms with Gasteiger partial charge in [-0.2, -0.15) is 0 Å². The van der Waals surface area contributed by atoms with Gasteiger partial charge in [0.05, 0.1) is 0 Å². The molecule has 2 N–H and O–H groups in total. The van der Waals surface area contributed by atoms with E-state index in [9.17, 15) is 9.59 Å². The molecule has 5 nitrogen and oxygen atoms in total. The van der Waals surface area contributed by atoms with Crippen LogP contribution < -0.4 is 15.4 Å². The normalized spacial score (nSPS) is 14.9. The molecular weight excluding hydrogens is 328 g/mol. The monoisotopic (exact) mass is 352 g/mol. The number of hydrogen-bond donors (Lipinski definition) is 2. The number of carbonyl (C=O) groups is 2. The van der Waals surface area contributed by atoms with Gasteiger partial charge in [0, 0.05) is 11.7 Å². The van der Waals surface area contributed by atoms with Crippen LogP contribution in [0.2, 0.25) is 0 Å². The van der Waals surface area contributed by atoms with Gasteiger partial charge in [-0.25, -0.2) is 0 Å². The fraction of sp³-hybridized carbons (Fsp3) is 0.333. The molecule has 2 amide bonds. The van der Waals surface area contributed by atoms with Crippen LogP contribution in [0.4, 0.5) is 5.69 Å². The maximum absolute atomic E-state index is 12.1. The highest BCUT2D eigenvalue weighted by Crippen LogP contribution is 2.22. The summed E-state index contributed by atoms with van der Waals surface area (Å²) in [6.45, 7) is 0. The third-order valence-corrected chi connectivity index (χ3v) is 4.49. The molecule has 0 spiro atoms. The molecule has 1 saturated carbocycles. The van der Waals surface area contributed by atoms with Crippen LogP contribution in [0.15, 0.2) is 54.6 Å². The second-order valence-corrected chi connectivity index (χ2v) is 6.56. The van der Waals surface area contributed by atoms with Crippen LogP contribution in [0.3, 0.4) is 0 Å². The van der Waals surface area contributed by atoms with E-state index in [-0.39, 0.29) is 6.04 Å². The summed E-state index contributed by atoms with van der Waals surface area (Å²) in [7, 11) is 0. The van der Waals surface area contributed by atoms with Crippen LogP contribution >= 0.6 is 0 Å². The summed E-state index contributed by atoms with van der Waals surface area (Å²) in [6.07, 6.45) is 6.52. The molecule has 26 heavy (non-hydrogen) atoms. The number of rotatable bonds is 4. The van der Waals surface area contributed by atoms with Crippen molar-refractivity contribution in [3.8, 4) is 11.5 Å². The van der Waals surface area contributed by atoms with Crippen molar-refractivity contribution in [2.24, 2.45) is 0 Å². The Balaban J connectivity index is 1.51. The van der Waals surface area contributed by atoms with Gasteiger partial charge in [-0.15, -0.1) is 0 Å². The molecule has 0 atom stereocenters. The predicted octanol–water partition coefficient (Wildman–Crippen LogP) is 4.26. The van der Waals surface area contributed by atoms with E-state index >= 15 is 0 Å². The van der Waals surface area contributed by atoms with Crippen LogP contribution in [0.25, 0.3) is 0 Å². The topological polar surface area (TPSA) is 67.4 Å². The first-order valence-corrected chi connectivity index (χ1v) is 9.15. The fourth-order valence-corrected chi connectivity index (χ4v) is 3.09. The Morgan fingerprint density at radius 2 is 1.38 bits per heavy atom. The number of nitrogens with one attached hydrogen (secondary N) is 2. The van der Waals surface area contributed by atoms with Crippen LogP contribution in [-0.4, -0.2) is 17.9 Å². The SMILES string of the molecule is O=C(Nc1ccc(Oc2ccccc2)cc1)C(=O)NC1CCCCCC1. The fourth-order valence-electron chi connectivity index (χ4n) is 3.09. The summed E-state index contributed by atoms with van der Waals surface area (Å²) in [6, 6.07) is 16.5. The minimum atomic E-state index is -0.633. The molecule has 0 saturated heterocycles. The second-order valence-electron chi connectivity index (χ2n) is 6.56. The van der Waals surface area contributed by atoms with Gasteiger partial charge in [0.2, 0.25) is 0 Å². The van der Waals surface area contributed by atoms with Gasteiger partial charge in [-0.05, 0) is 49.2 Å². The lowest BCUT2D eigenvalue weighted by Crippen LogP contribution is -2.41. The van der Waals surface area contributed by atoms with E-state index in [1.54, 1.807) is 24.3 Å². The molecule has 0 aromatic heterocycles. The number of carbonyl (C=O) groups excluding carboxylic acids is 2. The number of anilines is 1. The van der Waals surface area contributed by atoms with Crippen molar-refractivity contribution >= 4 is 17.5 Å². The molecule has 2 aromatic rings. The van der Waals surface area contributed by atoms with E-state index in [0.29, 0.717) is 11.4 Å². The third-order valence-electron chi connectivity index (χ3n) is 4.49. The first-order valence-electron chi connectivity index (χ1n) is 9.15. The number of benzene rings is 2. The van der Waals surface area contributed by atoms with E-state index in [2.05, 4.69) is 10.6 Å². The molecule has 0 aliphatic heterocycles. The largest absolute Gasteiger partial charge is 0.457 e. The van der Waals surface area contributed by atoms with Crippen molar-refractivity contribution in [2.45, 2.75) is 44.6 Å². The zero-order chi connectivity index (χ0) is 18.2. The summed E-state index contributed by atoms with van der Waals surface area (Å²) in [5.41, 5.74) is 0.562. The van der Waals surface area contributed by atoms with Gasteiger partial charge in [0.1, 0.15) is 11.5 Å². The quantitative estimate of drug-likeness (QED) is 0.638. The zero-order valence-electron chi connectivity index (χ0n) is 14.7. The molecule has 3 rings (SSSR count). The van der Waals surface area contributed by atoms with E-state index in [4.69, 9.17) is 4.74 Å². The Morgan fingerprint density at radius 1 is 0.769 bits per heavy atom. The molecular formula is C21H24N2O3. The van der Waals surface area contributed by atoms with Gasteiger partial charge in [-0.1, -0.05) is 43.9 Å². The Morgan fingerprint density at radius 3 is 2.04 bits per heavy atom. The minimum Gasteiger partial charge on any atom is -0.457 e. The van der Waals surface area contributed by atoms with Gasteiger partial charge >= 0.3 is 11.8 Å². The zero-order valence-corrected chi connectivity index (χ0v) is 14.7. The molecule has 0 radical (unpaired) electrons. The van der Waals surface area contributed by atoms with Crippen LogP contribution in [0.5, 0.6) is 11.5 Å². The van der Waals surface area contributed by atoms with Crippen molar-refractivity contribution in [1.29, 1.82) is 0 Å². The highest BCUT2D eigenvalue weighted by Gasteiger charge is 2.19. The predicted molar refractivity (Wildman–Crippen MR) is 101 cm³/mol. The van der Waals surface area contributed by atoms with Gasteiger partial charge in [0.25, 0.3) is 0 Å². The summed E-state index contributed by atoms with van der Waals surface area (Å²) in [5, 5.41) is 5.48. The van der Waals surface area contributed by atoms with Gasteiger partial charge < -0.3 is 15.4 Å². The number of hydrogen-bond acceptors (Lipinski definition) is 3. The smallest absolute Gasteiger partial charge is 0.313 e. The maximum Gasteiger partial charge on any atom is 0.313 e. The Kier molecular flexibility index (Phi) is 6.25. The van der Waals surface area contributed by atoms with Crippen LogP contribution in [0, 0.1) is 0 Å². The molecule has 1 aliphatic carbocycles. The van der Waals surface area contributed by atoms with Crippen molar-refractivity contribution in [3.63, 3.8) is 0 Å². The Bertz CT molecular complexity index is 721. The van der Waals surface area contributed by atoms with Crippen LogP contribution in [0.1, 0.15) is 38.5 Å². The van der Waals surface area contributed by atoms with E-state index in [0.717, 1.165) is 31.4 Å². The average molecular weight is 352 g/mol. The molecule has 0 bridgehead atoms. The van der Waals surface area contributed by atoms with Gasteiger partial charge in [0.15, 0.2) is 0 Å². The highest BCUT2D eigenvalue weighted by molar-refractivity contribution is 6.39. The first-order chi connectivity index (χ1) is 12.7. The summed E-state index contributed by atoms with van der Waals surface area (Å²) >= 11 is 0. The molecule has 1 fully saturated rings. The Labute approximate surface area is 153 Å². The molecule has 2 aromatic carbocycles. The molecule has 0 unspecified atom stereocenters.